The van der Waals surface area contributed by atoms with Crippen LogP contribution in [0.4, 0.5) is 0 Å². The van der Waals surface area contributed by atoms with Gasteiger partial charge < -0.3 is 10.1 Å². The first-order valence-corrected chi connectivity index (χ1v) is 6.59. The highest BCUT2D eigenvalue weighted by Crippen LogP contribution is 2.14. The predicted molar refractivity (Wildman–Crippen MR) is 56.3 cm³/mol. The van der Waals surface area contributed by atoms with Gasteiger partial charge in [0, 0.05) is 13.1 Å². The lowest BCUT2D eigenvalue weighted by molar-refractivity contribution is -0.154. The summed E-state index contributed by atoms with van der Waals surface area (Å²) in [5.41, 5.74) is -0.649. The van der Waals surface area contributed by atoms with Crippen LogP contribution >= 0.6 is 0 Å². The lowest BCUT2D eigenvalue weighted by Crippen LogP contribution is -2.50. The van der Waals surface area contributed by atoms with Gasteiger partial charge in [0.15, 0.2) is 15.1 Å². The van der Waals surface area contributed by atoms with Crippen molar-refractivity contribution in [3.05, 3.63) is 0 Å². The molecule has 6 heteroatoms. The zero-order valence-corrected chi connectivity index (χ0v) is 10.1. The summed E-state index contributed by atoms with van der Waals surface area (Å²) in [4.78, 5) is 11.6. The third-order valence-electron chi connectivity index (χ3n) is 2.00. The summed E-state index contributed by atoms with van der Waals surface area (Å²) in [5, 5.41) is 1.83. The second kappa shape index (κ2) is 4.09. The lowest BCUT2D eigenvalue weighted by atomic mass is 10.2. The van der Waals surface area contributed by atoms with Crippen LogP contribution in [0.15, 0.2) is 0 Å². The van der Waals surface area contributed by atoms with E-state index in [1.807, 2.05) is 0 Å². The van der Waals surface area contributed by atoms with Gasteiger partial charge in [-0.15, -0.1) is 0 Å². The maximum atomic E-state index is 11.6. The van der Waals surface area contributed by atoms with Crippen LogP contribution in [0.3, 0.4) is 0 Å². The highest BCUT2D eigenvalue weighted by molar-refractivity contribution is 7.92. The maximum absolute atomic E-state index is 11.6. The molecular weight excluding hydrogens is 218 g/mol. The van der Waals surface area contributed by atoms with E-state index >= 15 is 0 Å². The molecule has 5 nitrogen and oxygen atoms in total. The molecule has 1 N–H and O–H groups in total. The van der Waals surface area contributed by atoms with E-state index in [-0.39, 0.29) is 12.3 Å². The first-order valence-electron chi connectivity index (χ1n) is 4.87. The minimum absolute atomic E-state index is 0.00307. The van der Waals surface area contributed by atoms with Gasteiger partial charge in [-0.25, -0.2) is 8.42 Å². The van der Waals surface area contributed by atoms with Crippen molar-refractivity contribution in [3.8, 4) is 0 Å². The van der Waals surface area contributed by atoms with E-state index in [4.69, 9.17) is 4.74 Å². The normalized spacial score (nSPS) is 25.9. The van der Waals surface area contributed by atoms with Gasteiger partial charge in [0.05, 0.1) is 5.75 Å². The number of hydrogen-bond acceptors (Lipinski definition) is 5. The van der Waals surface area contributed by atoms with E-state index in [1.54, 1.807) is 20.8 Å². The predicted octanol–water partition coefficient (Wildman–Crippen LogP) is -0.285. The fourth-order valence-corrected chi connectivity index (χ4v) is 2.74. The third-order valence-corrected chi connectivity index (χ3v) is 4.00. The molecule has 1 aliphatic heterocycles. The fourth-order valence-electron chi connectivity index (χ4n) is 1.31. The van der Waals surface area contributed by atoms with Gasteiger partial charge in [0.1, 0.15) is 5.60 Å². The number of carbonyl (C=O) groups is 1. The van der Waals surface area contributed by atoms with Gasteiger partial charge in [0.2, 0.25) is 0 Å². The van der Waals surface area contributed by atoms with Gasteiger partial charge in [-0.1, -0.05) is 0 Å². The Morgan fingerprint density at radius 2 is 2.00 bits per heavy atom. The van der Waals surface area contributed by atoms with Crippen molar-refractivity contribution in [2.45, 2.75) is 31.6 Å². The van der Waals surface area contributed by atoms with Crippen LogP contribution < -0.4 is 5.32 Å². The Balaban J connectivity index is 2.74. The largest absolute Gasteiger partial charge is 0.459 e. The summed E-state index contributed by atoms with van der Waals surface area (Å²) in [6.07, 6.45) is 0. The molecule has 88 valence electrons. The molecule has 0 bridgehead atoms. The van der Waals surface area contributed by atoms with Crippen LogP contribution in [0.2, 0.25) is 0 Å². The van der Waals surface area contributed by atoms with Crippen LogP contribution in [0.5, 0.6) is 0 Å². The Bertz CT molecular complexity index is 342. The smallest absolute Gasteiger partial charge is 0.326 e. The zero-order valence-electron chi connectivity index (χ0n) is 9.24. The monoisotopic (exact) mass is 235 g/mol. The van der Waals surface area contributed by atoms with Crippen molar-refractivity contribution in [2.24, 2.45) is 0 Å². The van der Waals surface area contributed by atoms with Gasteiger partial charge in [-0.05, 0) is 20.8 Å². The summed E-state index contributed by atoms with van der Waals surface area (Å²) in [5.74, 6) is -0.661. The molecule has 1 fully saturated rings. The molecule has 0 aromatic rings. The van der Waals surface area contributed by atoms with Crippen LogP contribution in [0.25, 0.3) is 0 Å². The first kappa shape index (κ1) is 12.4. The zero-order chi connectivity index (χ0) is 11.7. The average Bonchev–Trinajstić information content (AvgIpc) is 1.99. The second-order valence-electron chi connectivity index (χ2n) is 4.59. The molecule has 1 atom stereocenters. The molecule has 0 aromatic heterocycles. The Morgan fingerprint density at radius 3 is 2.47 bits per heavy atom. The number of hydrogen-bond donors (Lipinski definition) is 1. The minimum Gasteiger partial charge on any atom is -0.459 e. The quantitative estimate of drug-likeness (QED) is 0.633. The van der Waals surface area contributed by atoms with Crippen molar-refractivity contribution < 1.29 is 17.9 Å². The SMILES string of the molecule is CC(C)(C)OC(=O)C1CNCCS1(=O)=O. The Morgan fingerprint density at radius 1 is 1.40 bits per heavy atom. The highest BCUT2D eigenvalue weighted by atomic mass is 32.2. The fraction of sp³-hybridized carbons (Fsp3) is 0.889. The summed E-state index contributed by atoms with van der Waals surface area (Å²) in [6.45, 7) is 5.70. The number of esters is 1. The van der Waals surface area contributed by atoms with Crippen molar-refractivity contribution in [1.82, 2.24) is 5.32 Å². The van der Waals surface area contributed by atoms with Crippen LogP contribution in [-0.2, 0) is 19.4 Å². The van der Waals surface area contributed by atoms with E-state index < -0.39 is 26.7 Å². The number of carbonyl (C=O) groups excluding carboxylic acids is 1. The van der Waals surface area contributed by atoms with E-state index in [9.17, 15) is 13.2 Å². The van der Waals surface area contributed by atoms with Crippen molar-refractivity contribution in [3.63, 3.8) is 0 Å². The van der Waals surface area contributed by atoms with E-state index in [0.29, 0.717) is 6.54 Å². The number of ether oxygens (including phenoxy) is 1. The molecule has 1 unspecified atom stereocenters. The van der Waals surface area contributed by atoms with Crippen LogP contribution in [0, 0.1) is 0 Å². The summed E-state index contributed by atoms with van der Waals surface area (Å²) >= 11 is 0. The molecule has 1 saturated heterocycles. The third kappa shape index (κ3) is 3.46. The van der Waals surface area contributed by atoms with E-state index in [0.717, 1.165) is 0 Å². The second-order valence-corrected chi connectivity index (χ2v) is 6.90. The molecule has 0 spiro atoms. The molecule has 1 rings (SSSR count). The Hall–Kier alpha value is -0.620. The number of nitrogens with one attached hydrogen (secondary N) is 1. The molecule has 0 saturated carbocycles. The van der Waals surface area contributed by atoms with Gasteiger partial charge in [-0.2, -0.15) is 0 Å². The molecule has 0 aromatic carbocycles. The summed E-state index contributed by atoms with van der Waals surface area (Å²) in [6, 6.07) is 0. The lowest BCUT2D eigenvalue weighted by Gasteiger charge is -2.26. The molecule has 0 amide bonds. The molecule has 1 heterocycles. The Kier molecular flexibility index (Phi) is 3.40. The average molecular weight is 235 g/mol. The van der Waals surface area contributed by atoms with E-state index in [2.05, 4.69) is 5.32 Å². The van der Waals surface area contributed by atoms with E-state index in [1.165, 1.54) is 0 Å². The maximum Gasteiger partial charge on any atom is 0.326 e. The van der Waals surface area contributed by atoms with Gasteiger partial charge in [-0.3, -0.25) is 4.79 Å². The van der Waals surface area contributed by atoms with Gasteiger partial charge in [0.25, 0.3) is 0 Å². The standard InChI is InChI=1S/C9H17NO4S/c1-9(2,3)14-8(11)7-6-10-4-5-15(7,12)13/h7,10H,4-6H2,1-3H3. The first-order chi connectivity index (χ1) is 6.72. The van der Waals surface area contributed by atoms with Crippen molar-refractivity contribution in [1.29, 1.82) is 0 Å². The summed E-state index contributed by atoms with van der Waals surface area (Å²) < 4.78 is 28.2. The van der Waals surface area contributed by atoms with Crippen LogP contribution in [-0.4, -0.2) is 44.1 Å². The number of rotatable bonds is 1. The molecule has 0 radical (unpaired) electrons. The molecule has 0 aliphatic carbocycles. The van der Waals surface area contributed by atoms with Gasteiger partial charge >= 0.3 is 5.97 Å². The topological polar surface area (TPSA) is 72.5 Å². The number of sulfone groups is 1. The molecule has 15 heavy (non-hydrogen) atoms. The molecule has 1 aliphatic rings. The minimum atomic E-state index is -3.33. The van der Waals surface area contributed by atoms with Crippen molar-refractivity contribution >= 4 is 15.8 Å². The molecular formula is C9H17NO4S. The Labute approximate surface area is 90.1 Å². The summed E-state index contributed by atoms with van der Waals surface area (Å²) in [7, 11) is -3.33. The van der Waals surface area contributed by atoms with Crippen LogP contribution in [0.1, 0.15) is 20.8 Å². The highest BCUT2D eigenvalue weighted by Gasteiger charge is 2.37. The van der Waals surface area contributed by atoms with Crippen molar-refractivity contribution in [2.75, 3.05) is 18.8 Å².